The number of carbonyl (C=O) groups excluding carboxylic acids is 1. The first-order valence-electron chi connectivity index (χ1n) is 5.68. The van der Waals surface area contributed by atoms with Crippen molar-refractivity contribution in [3.8, 4) is 0 Å². The van der Waals surface area contributed by atoms with E-state index in [1.165, 1.54) is 6.20 Å². The Labute approximate surface area is 107 Å². The van der Waals surface area contributed by atoms with Crippen molar-refractivity contribution in [1.29, 1.82) is 0 Å². The highest BCUT2D eigenvalue weighted by Crippen LogP contribution is 2.19. The smallest absolute Gasteiger partial charge is 0.214 e. The fraction of sp³-hybridized carbons (Fsp3) is 0.143. The second-order valence-corrected chi connectivity index (χ2v) is 3.92. The lowest BCUT2D eigenvalue weighted by Crippen LogP contribution is -2.11. The first kappa shape index (κ1) is 13.3. The van der Waals surface area contributed by atoms with Crippen LogP contribution in [0.1, 0.15) is 28.5 Å². The molecule has 19 heavy (non-hydrogen) atoms. The zero-order valence-corrected chi connectivity index (χ0v) is 10.1. The quantitative estimate of drug-likeness (QED) is 0.629. The largest absolute Gasteiger partial charge is 0.287 e. The van der Waals surface area contributed by atoms with Crippen LogP contribution in [0.15, 0.2) is 30.5 Å². The van der Waals surface area contributed by atoms with Crippen molar-refractivity contribution in [3.63, 3.8) is 0 Å². The second kappa shape index (κ2) is 5.22. The van der Waals surface area contributed by atoms with Crippen LogP contribution in [0, 0.1) is 17.5 Å². The molecule has 0 amide bonds. The Kier molecular flexibility index (Phi) is 3.64. The van der Waals surface area contributed by atoms with Gasteiger partial charge in [-0.3, -0.25) is 9.78 Å². The maximum Gasteiger partial charge on any atom is 0.214 e. The number of ketones is 1. The minimum atomic E-state index is -1.65. The molecule has 0 fully saturated rings. The van der Waals surface area contributed by atoms with Gasteiger partial charge in [-0.2, -0.15) is 0 Å². The van der Waals surface area contributed by atoms with Crippen molar-refractivity contribution in [2.45, 2.75) is 13.3 Å². The molecular formula is C14H10F3NO. The molecule has 0 aliphatic carbocycles. The molecule has 0 aliphatic heterocycles. The SMILES string of the molecule is CCc1cccnc1C(=O)c1ccc(F)c(F)c1F. The first-order valence-corrected chi connectivity index (χ1v) is 5.68. The average Bonchev–Trinajstić information content (AvgIpc) is 2.44. The second-order valence-electron chi connectivity index (χ2n) is 3.92. The molecule has 0 bridgehead atoms. The van der Waals surface area contributed by atoms with Crippen molar-refractivity contribution in [1.82, 2.24) is 4.98 Å². The predicted octanol–water partition coefficient (Wildman–Crippen LogP) is 3.29. The van der Waals surface area contributed by atoms with Gasteiger partial charge in [0.25, 0.3) is 0 Å². The van der Waals surface area contributed by atoms with E-state index in [0.29, 0.717) is 12.0 Å². The van der Waals surface area contributed by atoms with Crippen LogP contribution < -0.4 is 0 Å². The molecule has 2 nitrogen and oxygen atoms in total. The van der Waals surface area contributed by atoms with Crippen LogP contribution in [-0.4, -0.2) is 10.8 Å². The predicted molar refractivity (Wildman–Crippen MR) is 63.4 cm³/mol. The monoisotopic (exact) mass is 265 g/mol. The topological polar surface area (TPSA) is 30.0 Å². The van der Waals surface area contributed by atoms with E-state index in [0.717, 1.165) is 12.1 Å². The van der Waals surface area contributed by atoms with Crippen molar-refractivity contribution in [3.05, 3.63) is 64.7 Å². The molecule has 98 valence electrons. The van der Waals surface area contributed by atoms with Gasteiger partial charge in [-0.1, -0.05) is 13.0 Å². The van der Waals surface area contributed by atoms with E-state index in [1.54, 1.807) is 12.1 Å². The molecule has 0 aliphatic rings. The maximum absolute atomic E-state index is 13.6. The van der Waals surface area contributed by atoms with Crippen molar-refractivity contribution >= 4 is 5.78 Å². The normalized spacial score (nSPS) is 10.5. The fourth-order valence-electron chi connectivity index (χ4n) is 1.76. The van der Waals surface area contributed by atoms with Crippen molar-refractivity contribution in [2.75, 3.05) is 0 Å². The number of carbonyl (C=O) groups is 1. The lowest BCUT2D eigenvalue weighted by Gasteiger charge is -2.07. The number of nitrogens with zero attached hydrogens (tertiary/aromatic N) is 1. The molecule has 0 spiro atoms. The molecule has 5 heteroatoms. The zero-order valence-electron chi connectivity index (χ0n) is 10.1. The van der Waals surface area contributed by atoms with E-state index in [2.05, 4.69) is 4.98 Å². The third-order valence-electron chi connectivity index (χ3n) is 2.77. The van der Waals surface area contributed by atoms with E-state index >= 15 is 0 Å². The summed E-state index contributed by atoms with van der Waals surface area (Å²) in [6, 6.07) is 4.97. The molecular weight excluding hydrogens is 255 g/mol. The molecule has 2 rings (SSSR count). The van der Waals surface area contributed by atoms with Gasteiger partial charge in [-0.15, -0.1) is 0 Å². The molecule has 0 atom stereocenters. The first-order chi connectivity index (χ1) is 9.06. The highest BCUT2D eigenvalue weighted by Gasteiger charge is 2.22. The molecule has 0 unspecified atom stereocenters. The minimum absolute atomic E-state index is 0.0508. The molecule has 0 saturated heterocycles. The fourth-order valence-corrected chi connectivity index (χ4v) is 1.76. The Balaban J connectivity index is 2.54. The summed E-state index contributed by atoms with van der Waals surface area (Å²) in [6.45, 7) is 1.81. The van der Waals surface area contributed by atoms with Gasteiger partial charge in [0.1, 0.15) is 5.69 Å². The summed E-state index contributed by atoms with van der Waals surface area (Å²) in [4.78, 5) is 16.0. The Morgan fingerprint density at radius 3 is 2.58 bits per heavy atom. The molecule has 2 aromatic rings. The molecule has 0 saturated carbocycles. The Morgan fingerprint density at radius 1 is 1.16 bits per heavy atom. The summed E-state index contributed by atoms with van der Waals surface area (Å²) in [7, 11) is 0. The van der Waals surface area contributed by atoms with Crippen LogP contribution in [-0.2, 0) is 6.42 Å². The Hall–Kier alpha value is -2.17. The summed E-state index contributed by atoms with van der Waals surface area (Å²) in [5.74, 6) is -5.22. The van der Waals surface area contributed by atoms with Crippen LogP contribution in [0.5, 0.6) is 0 Å². The summed E-state index contributed by atoms with van der Waals surface area (Å²) < 4.78 is 39.5. The van der Waals surface area contributed by atoms with Crippen LogP contribution in [0.4, 0.5) is 13.2 Å². The molecule has 1 aromatic carbocycles. The van der Waals surface area contributed by atoms with Gasteiger partial charge in [-0.25, -0.2) is 13.2 Å². The summed E-state index contributed by atoms with van der Waals surface area (Å²) >= 11 is 0. The summed E-state index contributed by atoms with van der Waals surface area (Å²) in [6.07, 6.45) is 1.92. The van der Waals surface area contributed by atoms with E-state index in [9.17, 15) is 18.0 Å². The molecule has 1 aromatic heterocycles. The maximum atomic E-state index is 13.6. The highest BCUT2D eigenvalue weighted by molar-refractivity contribution is 6.08. The average molecular weight is 265 g/mol. The van der Waals surface area contributed by atoms with Crippen LogP contribution in [0.25, 0.3) is 0 Å². The van der Waals surface area contributed by atoms with Crippen molar-refractivity contribution in [2.24, 2.45) is 0 Å². The number of rotatable bonds is 3. The van der Waals surface area contributed by atoms with Gasteiger partial charge in [0.05, 0.1) is 5.56 Å². The lowest BCUT2D eigenvalue weighted by atomic mass is 10.0. The molecule has 0 N–H and O–H groups in total. The number of aromatic nitrogens is 1. The summed E-state index contributed by atoms with van der Waals surface area (Å²) in [5, 5.41) is 0. The number of halogens is 3. The number of hydrogen-bond acceptors (Lipinski definition) is 2. The Morgan fingerprint density at radius 2 is 1.89 bits per heavy atom. The number of benzene rings is 1. The van der Waals surface area contributed by atoms with Crippen LogP contribution in [0.3, 0.4) is 0 Å². The van der Waals surface area contributed by atoms with Gasteiger partial charge in [0.15, 0.2) is 17.5 Å². The van der Waals surface area contributed by atoms with E-state index in [-0.39, 0.29) is 5.69 Å². The van der Waals surface area contributed by atoms with E-state index in [1.807, 2.05) is 6.92 Å². The van der Waals surface area contributed by atoms with Gasteiger partial charge in [0, 0.05) is 6.20 Å². The molecule has 0 radical (unpaired) electrons. The third-order valence-corrected chi connectivity index (χ3v) is 2.77. The minimum Gasteiger partial charge on any atom is -0.287 e. The zero-order chi connectivity index (χ0) is 14.0. The van der Waals surface area contributed by atoms with Gasteiger partial charge in [-0.05, 0) is 30.2 Å². The van der Waals surface area contributed by atoms with Crippen LogP contribution in [0.2, 0.25) is 0 Å². The lowest BCUT2D eigenvalue weighted by molar-refractivity contribution is 0.102. The number of pyridine rings is 1. The molecule has 1 heterocycles. The van der Waals surface area contributed by atoms with Crippen LogP contribution >= 0.6 is 0 Å². The van der Waals surface area contributed by atoms with E-state index in [4.69, 9.17) is 0 Å². The number of hydrogen-bond donors (Lipinski definition) is 0. The Bertz CT molecular complexity index is 641. The van der Waals surface area contributed by atoms with Gasteiger partial charge < -0.3 is 0 Å². The van der Waals surface area contributed by atoms with Gasteiger partial charge in [0.2, 0.25) is 5.78 Å². The number of aryl methyl sites for hydroxylation is 1. The standard InChI is InChI=1S/C14H10F3NO/c1-2-8-4-3-7-18-13(8)14(19)9-5-6-10(15)12(17)11(9)16/h3-7H,2H2,1H3. The van der Waals surface area contributed by atoms with E-state index < -0.39 is 28.8 Å². The summed E-state index contributed by atoms with van der Waals surface area (Å²) in [5.41, 5.74) is 0.152. The third kappa shape index (κ3) is 2.36. The van der Waals surface area contributed by atoms with Crippen molar-refractivity contribution < 1.29 is 18.0 Å². The highest BCUT2D eigenvalue weighted by atomic mass is 19.2. The van der Waals surface area contributed by atoms with Gasteiger partial charge >= 0.3 is 0 Å².